The molecule has 0 spiro atoms. The van der Waals surface area contributed by atoms with Crippen LogP contribution in [0, 0.1) is 0 Å². The van der Waals surface area contributed by atoms with E-state index in [4.69, 9.17) is 22.1 Å². The number of benzene rings is 1. The molecule has 13 heteroatoms. The molecule has 1 aliphatic rings. The van der Waals surface area contributed by atoms with Gasteiger partial charge in [0.05, 0.1) is 6.54 Å². The number of carbonyl (C=O) groups excluding carboxylic acids is 3. The molecule has 1 unspecified atom stereocenters. The van der Waals surface area contributed by atoms with Gasteiger partial charge < -0.3 is 36.2 Å². The molecule has 5 N–H and O–H groups in total. The third-order valence-corrected chi connectivity index (χ3v) is 6.62. The molecule has 1 saturated heterocycles. The molecular weight excluding hydrogens is 524 g/mol. The van der Waals surface area contributed by atoms with E-state index in [1.807, 2.05) is 24.3 Å². The number of aromatic nitrogens is 2. The molecule has 1 aromatic heterocycles. The Morgan fingerprint density at radius 3 is 2.64 bits per heavy atom. The van der Waals surface area contributed by atoms with E-state index in [0.717, 1.165) is 45.3 Å². The summed E-state index contributed by atoms with van der Waals surface area (Å²) in [7, 11) is 4.91. The molecule has 12 nitrogen and oxygen atoms in total. The number of anilines is 2. The maximum Gasteiger partial charge on any atom is 0.274 e. The molecule has 1 fully saturated rings. The SMILES string of the molecule is CNc1nc(N)c(Cl)nc1C(=O)NC1CCCN(CCCc2ccc(OCC(=O)NCC(=O)N(C)C)cc2)C1. The average Bonchev–Trinajstić information content (AvgIpc) is 2.92. The van der Waals surface area contributed by atoms with Crippen molar-refractivity contribution in [2.24, 2.45) is 0 Å². The first-order chi connectivity index (χ1) is 18.7. The van der Waals surface area contributed by atoms with Crippen molar-refractivity contribution in [2.75, 3.05) is 65.0 Å². The van der Waals surface area contributed by atoms with Gasteiger partial charge in [0.1, 0.15) is 5.75 Å². The number of rotatable bonds is 12. The highest BCUT2D eigenvalue weighted by molar-refractivity contribution is 6.31. The number of nitrogen functional groups attached to an aromatic ring is 1. The Bertz CT molecular complexity index is 1150. The van der Waals surface area contributed by atoms with Gasteiger partial charge in [-0.15, -0.1) is 0 Å². The summed E-state index contributed by atoms with van der Waals surface area (Å²) >= 11 is 5.98. The number of nitrogens with zero attached hydrogens (tertiary/aromatic N) is 4. The van der Waals surface area contributed by atoms with Crippen molar-refractivity contribution in [2.45, 2.75) is 31.7 Å². The van der Waals surface area contributed by atoms with Gasteiger partial charge in [0.2, 0.25) is 5.91 Å². The zero-order valence-electron chi connectivity index (χ0n) is 22.6. The van der Waals surface area contributed by atoms with Crippen LogP contribution in [-0.2, 0) is 16.0 Å². The fraction of sp³-hybridized carbons (Fsp3) is 0.500. The first kappa shape index (κ1) is 29.9. The van der Waals surface area contributed by atoms with Crippen LogP contribution in [0.5, 0.6) is 5.75 Å². The topological polar surface area (TPSA) is 155 Å². The minimum atomic E-state index is -0.349. The Labute approximate surface area is 233 Å². The summed E-state index contributed by atoms with van der Waals surface area (Å²) in [6, 6.07) is 7.65. The predicted octanol–water partition coefficient (Wildman–Crippen LogP) is 1.16. The largest absolute Gasteiger partial charge is 0.484 e. The lowest BCUT2D eigenvalue weighted by Gasteiger charge is -2.33. The number of piperidine rings is 1. The number of nitrogens with two attached hydrogens (primary N) is 1. The first-order valence-electron chi connectivity index (χ1n) is 12.9. The maximum atomic E-state index is 12.8. The number of ether oxygens (including phenoxy) is 1. The van der Waals surface area contributed by atoms with Crippen molar-refractivity contribution in [1.29, 1.82) is 0 Å². The molecule has 1 aromatic carbocycles. The van der Waals surface area contributed by atoms with E-state index >= 15 is 0 Å². The van der Waals surface area contributed by atoms with Gasteiger partial charge in [-0.2, -0.15) is 0 Å². The number of likely N-dealkylation sites (N-methyl/N-ethyl adjacent to an activating group) is 1. The van der Waals surface area contributed by atoms with Crippen molar-refractivity contribution in [3.05, 3.63) is 40.7 Å². The van der Waals surface area contributed by atoms with E-state index in [-0.39, 0.29) is 53.6 Å². The summed E-state index contributed by atoms with van der Waals surface area (Å²) < 4.78 is 5.51. The standard InChI is InChI=1S/C26H37ClN8O4/c1-29-25-22(32-23(27)24(28)33-25)26(38)31-18-7-5-13-35(15-18)12-4-6-17-8-10-19(11-9-17)39-16-20(36)30-14-21(37)34(2)3/h8-11,18H,4-7,12-16H2,1-3H3,(H,30,36)(H,31,38)(H3,28,29,33). The molecule has 1 aliphatic heterocycles. The summed E-state index contributed by atoms with van der Waals surface area (Å²) in [6.07, 6.45) is 3.73. The molecular formula is C26H37ClN8O4. The van der Waals surface area contributed by atoms with E-state index in [1.165, 1.54) is 10.5 Å². The number of amides is 3. The third-order valence-electron chi connectivity index (χ3n) is 6.34. The molecule has 39 heavy (non-hydrogen) atoms. The van der Waals surface area contributed by atoms with Crippen LogP contribution in [0.1, 0.15) is 35.3 Å². The molecule has 0 bridgehead atoms. The Balaban J connectivity index is 1.39. The predicted molar refractivity (Wildman–Crippen MR) is 150 cm³/mol. The van der Waals surface area contributed by atoms with Crippen LogP contribution in [0.4, 0.5) is 11.6 Å². The van der Waals surface area contributed by atoms with Gasteiger partial charge in [-0.25, -0.2) is 9.97 Å². The number of hydrogen-bond acceptors (Lipinski definition) is 9. The van der Waals surface area contributed by atoms with Gasteiger partial charge >= 0.3 is 0 Å². The molecule has 2 aromatic rings. The van der Waals surface area contributed by atoms with Gasteiger partial charge in [0, 0.05) is 33.7 Å². The molecule has 3 amide bonds. The fourth-order valence-electron chi connectivity index (χ4n) is 4.18. The number of halogens is 1. The van der Waals surface area contributed by atoms with Crippen molar-refractivity contribution in [3.63, 3.8) is 0 Å². The summed E-state index contributed by atoms with van der Waals surface area (Å²) in [4.78, 5) is 48.2. The fourth-order valence-corrected chi connectivity index (χ4v) is 4.31. The van der Waals surface area contributed by atoms with E-state index in [0.29, 0.717) is 11.6 Å². The van der Waals surface area contributed by atoms with Crippen LogP contribution in [0.3, 0.4) is 0 Å². The Morgan fingerprint density at radius 2 is 1.95 bits per heavy atom. The minimum Gasteiger partial charge on any atom is -0.484 e. The second-order valence-corrected chi connectivity index (χ2v) is 9.92. The minimum absolute atomic E-state index is 0.00261. The quantitative estimate of drug-likeness (QED) is 0.299. The molecule has 0 radical (unpaired) electrons. The average molecular weight is 561 g/mol. The highest BCUT2D eigenvalue weighted by Crippen LogP contribution is 2.20. The number of nitrogens with one attached hydrogen (secondary N) is 3. The van der Waals surface area contributed by atoms with E-state index < -0.39 is 0 Å². The smallest absolute Gasteiger partial charge is 0.274 e. The van der Waals surface area contributed by atoms with Gasteiger partial charge in [0.15, 0.2) is 29.1 Å². The van der Waals surface area contributed by atoms with Gasteiger partial charge in [-0.3, -0.25) is 14.4 Å². The zero-order chi connectivity index (χ0) is 28.4. The van der Waals surface area contributed by atoms with Crippen LogP contribution in [-0.4, -0.2) is 97.5 Å². The normalized spacial score (nSPS) is 15.3. The summed E-state index contributed by atoms with van der Waals surface area (Å²) in [6.45, 7) is 2.44. The van der Waals surface area contributed by atoms with Crippen LogP contribution < -0.4 is 26.4 Å². The highest BCUT2D eigenvalue weighted by atomic mass is 35.5. The molecule has 0 saturated carbocycles. The van der Waals surface area contributed by atoms with Crippen molar-refractivity contribution in [3.8, 4) is 5.75 Å². The maximum absolute atomic E-state index is 12.8. The van der Waals surface area contributed by atoms with E-state index in [2.05, 4.69) is 30.8 Å². The van der Waals surface area contributed by atoms with E-state index in [9.17, 15) is 14.4 Å². The van der Waals surface area contributed by atoms with Gasteiger partial charge in [-0.05, 0) is 56.5 Å². The van der Waals surface area contributed by atoms with E-state index in [1.54, 1.807) is 21.1 Å². The number of likely N-dealkylation sites (tertiary alicyclic amines) is 1. The van der Waals surface area contributed by atoms with Crippen molar-refractivity contribution in [1.82, 2.24) is 30.4 Å². The summed E-state index contributed by atoms with van der Waals surface area (Å²) in [5.74, 6) is 0.0921. The molecule has 1 atom stereocenters. The molecule has 0 aliphatic carbocycles. The monoisotopic (exact) mass is 560 g/mol. The number of hydrogen-bond donors (Lipinski definition) is 4. The Kier molecular flexibility index (Phi) is 11.1. The lowest BCUT2D eigenvalue weighted by atomic mass is 10.0. The second kappa shape index (κ2) is 14.5. The molecule has 2 heterocycles. The van der Waals surface area contributed by atoms with Crippen LogP contribution in [0.25, 0.3) is 0 Å². The van der Waals surface area contributed by atoms with Gasteiger partial charge in [-0.1, -0.05) is 23.7 Å². The van der Waals surface area contributed by atoms with Crippen LogP contribution >= 0.6 is 11.6 Å². The lowest BCUT2D eigenvalue weighted by molar-refractivity contribution is -0.131. The molecule has 212 valence electrons. The second-order valence-electron chi connectivity index (χ2n) is 9.56. The Morgan fingerprint density at radius 1 is 1.21 bits per heavy atom. The number of carbonyl (C=O) groups is 3. The number of aryl methyl sites for hydroxylation is 1. The van der Waals surface area contributed by atoms with Crippen molar-refractivity contribution >= 4 is 41.0 Å². The first-order valence-corrected chi connectivity index (χ1v) is 13.3. The van der Waals surface area contributed by atoms with Gasteiger partial charge in [0.25, 0.3) is 11.8 Å². The van der Waals surface area contributed by atoms with Crippen LogP contribution in [0.15, 0.2) is 24.3 Å². The molecule has 3 rings (SSSR count). The summed E-state index contributed by atoms with van der Waals surface area (Å²) in [5.41, 5.74) is 6.99. The highest BCUT2D eigenvalue weighted by Gasteiger charge is 2.24. The third kappa shape index (κ3) is 9.25. The Hall–Kier alpha value is -3.64. The van der Waals surface area contributed by atoms with Crippen LogP contribution in [0.2, 0.25) is 5.15 Å². The lowest BCUT2D eigenvalue weighted by Crippen LogP contribution is -2.48. The zero-order valence-corrected chi connectivity index (χ0v) is 23.4. The van der Waals surface area contributed by atoms with Crippen molar-refractivity contribution < 1.29 is 19.1 Å². The summed E-state index contributed by atoms with van der Waals surface area (Å²) in [5, 5.41) is 8.43.